The van der Waals surface area contributed by atoms with Gasteiger partial charge in [-0.2, -0.15) is 10.5 Å². The van der Waals surface area contributed by atoms with Gasteiger partial charge in [0.25, 0.3) is 5.91 Å². The summed E-state index contributed by atoms with van der Waals surface area (Å²) in [5, 5.41) is 20.8. The van der Waals surface area contributed by atoms with Crippen LogP contribution in [0, 0.1) is 29.6 Å². The van der Waals surface area contributed by atoms with E-state index in [1.54, 1.807) is 12.1 Å². The molecular formula is C17H15BrN4O3S2. The second kappa shape index (κ2) is 10.2. The molecule has 1 heterocycles. The number of amides is 1. The summed E-state index contributed by atoms with van der Waals surface area (Å²) in [6.07, 6.45) is 0. The first-order valence-corrected chi connectivity index (χ1v) is 10.3. The van der Waals surface area contributed by atoms with E-state index in [-0.39, 0.29) is 12.5 Å². The summed E-state index contributed by atoms with van der Waals surface area (Å²) in [6, 6.07) is 7.25. The number of rotatable bonds is 8. The van der Waals surface area contributed by atoms with Crippen LogP contribution in [-0.4, -0.2) is 29.9 Å². The lowest BCUT2D eigenvalue weighted by Gasteiger charge is -2.13. The van der Waals surface area contributed by atoms with Crippen molar-refractivity contribution in [3.63, 3.8) is 0 Å². The first-order chi connectivity index (χ1) is 13.0. The maximum absolute atomic E-state index is 12.2. The molecule has 0 atom stereocenters. The van der Waals surface area contributed by atoms with Gasteiger partial charge in [0.05, 0.1) is 44.4 Å². The van der Waals surface area contributed by atoms with E-state index in [4.69, 9.17) is 20.0 Å². The maximum Gasteiger partial charge on any atom is 0.264 e. The molecular weight excluding hydrogens is 452 g/mol. The van der Waals surface area contributed by atoms with Crippen molar-refractivity contribution in [2.45, 2.75) is 18.1 Å². The van der Waals surface area contributed by atoms with Crippen molar-refractivity contribution in [3.05, 3.63) is 27.9 Å². The highest BCUT2D eigenvalue weighted by Gasteiger charge is 2.15. The Morgan fingerprint density at radius 2 is 2.19 bits per heavy atom. The highest BCUT2D eigenvalue weighted by atomic mass is 79.9. The Morgan fingerprint density at radius 3 is 2.85 bits per heavy atom. The fourth-order valence-electron chi connectivity index (χ4n) is 2.00. The molecule has 0 radical (unpaired) electrons. The van der Waals surface area contributed by atoms with Crippen molar-refractivity contribution in [2.75, 3.05) is 24.3 Å². The summed E-state index contributed by atoms with van der Waals surface area (Å²) < 4.78 is 12.5. The summed E-state index contributed by atoms with van der Waals surface area (Å²) in [5.74, 6) is 0.689. The molecule has 1 N–H and O–H groups in total. The molecule has 0 aliphatic rings. The third-order valence-electron chi connectivity index (χ3n) is 3.05. The lowest BCUT2D eigenvalue weighted by atomic mass is 10.2. The number of thioether (sulfide) groups is 1. The number of halogens is 1. The van der Waals surface area contributed by atoms with Crippen molar-refractivity contribution < 1.29 is 14.3 Å². The highest BCUT2D eigenvalue weighted by Crippen LogP contribution is 2.37. The number of aryl methyl sites for hydroxylation is 1. The number of nitrogens with zero attached hydrogens (tertiary/aromatic N) is 3. The summed E-state index contributed by atoms with van der Waals surface area (Å²) in [5.41, 5.74) is 1.19. The molecule has 140 valence electrons. The molecule has 2 aromatic rings. The van der Waals surface area contributed by atoms with Crippen LogP contribution in [0.25, 0.3) is 0 Å². The molecule has 0 spiro atoms. The zero-order chi connectivity index (χ0) is 19.8. The number of benzene rings is 1. The van der Waals surface area contributed by atoms with Crippen molar-refractivity contribution in [2.24, 2.45) is 0 Å². The van der Waals surface area contributed by atoms with Crippen LogP contribution in [0.5, 0.6) is 11.5 Å². The van der Waals surface area contributed by atoms with Crippen LogP contribution in [0.2, 0.25) is 0 Å². The van der Waals surface area contributed by atoms with Crippen molar-refractivity contribution in [1.29, 1.82) is 10.5 Å². The van der Waals surface area contributed by atoms with E-state index in [9.17, 15) is 4.79 Å². The van der Waals surface area contributed by atoms with Crippen molar-refractivity contribution in [1.82, 2.24) is 4.98 Å². The van der Waals surface area contributed by atoms with Gasteiger partial charge in [-0.25, -0.2) is 4.98 Å². The number of nitrogens with one attached hydrogen (secondary N) is 1. The second-order valence-electron chi connectivity index (χ2n) is 5.01. The van der Waals surface area contributed by atoms with E-state index >= 15 is 0 Å². The maximum atomic E-state index is 12.2. The zero-order valence-corrected chi connectivity index (χ0v) is 17.8. The Morgan fingerprint density at radius 1 is 1.41 bits per heavy atom. The monoisotopic (exact) mass is 466 g/mol. The number of aromatic nitrogens is 1. The molecule has 10 heteroatoms. The van der Waals surface area contributed by atoms with Crippen LogP contribution in [0.15, 0.2) is 20.8 Å². The summed E-state index contributed by atoms with van der Waals surface area (Å²) in [6.45, 7) is 3.79. The van der Waals surface area contributed by atoms with Gasteiger partial charge in [-0.05, 0) is 35.8 Å². The van der Waals surface area contributed by atoms with Gasteiger partial charge in [0, 0.05) is 6.07 Å². The van der Waals surface area contributed by atoms with Gasteiger partial charge in [0.2, 0.25) is 0 Å². The number of thiazole rings is 1. The van der Waals surface area contributed by atoms with Gasteiger partial charge in [0.1, 0.15) is 0 Å². The van der Waals surface area contributed by atoms with Gasteiger partial charge < -0.3 is 9.47 Å². The standard InChI is InChI=1S/C17H15BrN4O3S2/c1-3-24-13-7-11(8-20)6-12(18)15(13)25-9-14(23)22-17-21-10(2)16(27-17)26-5-4-19/h6-7H,3,5,9H2,1-2H3,(H,21,22,23). The van der Waals surface area contributed by atoms with E-state index < -0.39 is 0 Å². The highest BCUT2D eigenvalue weighted by molar-refractivity contribution is 9.10. The van der Waals surface area contributed by atoms with Gasteiger partial charge in [-0.15, -0.1) is 0 Å². The lowest BCUT2D eigenvalue weighted by molar-refractivity contribution is -0.118. The summed E-state index contributed by atoms with van der Waals surface area (Å²) in [4.78, 5) is 16.5. The van der Waals surface area contributed by atoms with E-state index in [2.05, 4.69) is 32.3 Å². The van der Waals surface area contributed by atoms with E-state index in [1.807, 2.05) is 19.9 Å². The molecule has 0 aliphatic carbocycles. The van der Waals surface area contributed by atoms with Gasteiger partial charge >= 0.3 is 0 Å². The molecule has 1 aromatic heterocycles. The van der Waals surface area contributed by atoms with Crippen LogP contribution < -0.4 is 14.8 Å². The molecule has 0 saturated carbocycles. The normalized spacial score (nSPS) is 9.96. The second-order valence-corrected chi connectivity index (χ2v) is 8.10. The molecule has 0 aliphatic heterocycles. The molecule has 0 fully saturated rings. The van der Waals surface area contributed by atoms with Gasteiger partial charge in [-0.1, -0.05) is 23.1 Å². The van der Waals surface area contributed by atoms with Crippen LogP contribution >= 0.6 is 39.0 Å². The van der Waals surface area contributed by atoms with E-state index in [1.165, 1.54) is 23.1 Å². The number of carbonyl (C=O) groups excluding carboxylic acids is 1. The topological polar surface area (TPSA) is 108 Å². The molecule has 27 heavy (non-hydrogen) atoms. The Hall–Kier alpha value is -2.27. The van der Waals surface area contributed by atoms with Gasteiger partial charge in [-0.3, -0.25) is 10.1 Å². The zero-order valence-electron chi connectivity index (χ0n) is 14.5. The largest absolute Gasteiger partial charge is 0.490 e. The molecule has 7 nitrogen and oxygen atoms in total. The van der Waals surface area contributed by atoms with Crippen LogP contribution in [0.4, 0.5) is 5.13 Å². The predicted octanol–water partition coefficient (Wildman–Crippen LogP) is 4.12. The Kier molecular flexibility index (Phi) is 7.92. The quantitative estimate of drug-likeness (QED) is 0.582. The smallest absolute Gasteiger partial charge is 0.264 e. The number of hydrogen-bond donors (Lipinski definition) is 1. The summed E-state index contributed by atoms with van der Waals surface area (Å²) >= 11 is 6.03. The molecule has 0 saturated heterocycles. The van der Waals surface area contributed by atoms with E-state index in [0.29, 0.717) is 39.0 Å². The molecule has 2 rings (SSSR count). The number of anilines is 1. The number of hydrogen-bond acceptors (Lipinski definition) is 8. The van der Waals surface area contributed by atoms with Crippen molar-refractivity contribution >= 4 is 50.1 Å². The fraction of sp³-hybridized carbons (Fsp3) is 0.294. The lowest BCUT2D eigenvalue weighted by Crippen LogP contribution is -2.20. The Bertz CT molecular complexity index is 918. The third kappa shape index (κ3) is 5.86. The van der Waals surface area contributed by atoms with E-state index in [0.717, 1.165) is 9.90 Å². The molecule has 1 aromatic carbocycles. The predicted molar refractivity (Wildman–Crippen MR) is 107 cm³/mol. The Labute approximate surface area is 173 Å². The number of carbonyl (C=O) groups is 1. The first-order valence-electron chi connectivity index (χ1n) is 7.74. The minimum Gasteiger partial charge on any atom is -0.490 e. The van der Waals surface area contributed by atoms with Gasteiger partial charge in [0.15, 0.2) is 23.2 Å². The summed E-state index contributed by atoms with van der Waals surface area (Å²) in [7, 11) is 0. The molecule has 0 bridgehead atoms. The van der Waals surface area contributed by atoms with Crippen molar-refractivity contribution in [3.8, 4) is 23.6 Å². The fourth-order valence-corrected chi connectivity index (χ4v) is 4.37. The SMILES string of the molecule is CCOc1cc(C#N)cc(Br)c1OCC(=O)Nc1nc(C)c(SCC#N)s1. The Balaban J connectivity index is 2.04. The molecule has 1 amide bonds. The average molecular weight is 467 g/mol. The van der Waals surface area contributed by atoms with Crippen LogP contribution in [0.3, 0.4) is 0 Å². The first kappa shape index (κ1) is 21.0. The number of ether oxygens (including phenoxy) is 2. The average Bonchev–Trinajstić information content (AvgIpc) is 2.98. The number of nitriles is 2. The van der Waals surface area contributed by atoms with Crippen LogP contribution in [0.1, 0.15) is 18.2 Å². The minimum atomic E-state index is -0.376. The molecule has 0 unspecified atom stereocenters. The third-order valence-corrected chi connectivity index (χ3v) is 5.95. The minimum absolute atomic E-state index is 0.246. The van der Waals surface area contributed by atoms with Crippen LogP contribution in [-0.2, 0) is 4.79 Å².